The van der Waals surface area contributed by atoms with Crippen molar-refractivity contribution >= 4 is 29.0 Å². The molecule has 8 heteroatoms. The van der Waals surface area contributed by atoms with Gasteiger partial charge in [-0.05, 0) is 25.0 Å². The highest BCUT2D eigenvalue weighted by molar-refractivity contribution is 7.09. The number of para-hydroxylation sites is 1. The molecule has 0 atom stereocenters. The van der Waals surface area contributed by atoms with Gasteiger partial charge in [0.05, 0.1) is 12.2 Å². The summed E-state index contributed by atoms with van der Waals surface area (Å²) in [5, 5.41) is 7.81. The van der Waals surface area contributed by atoms with E-state index in [0.29, 0.717) is 23.8 Å². The molecule has 0 unspecified atom stereocenters. The normalized spacial score (nSPS) is 10.5. The Morgan fingerprint density at radius 1 is 1.18 bits per heavy atom. The summed E-state index contributed by atoms with van der Waals surface area (Å²) in [6.45, 7) is 5.51. The zero-order chi connectivity index (χ0) is 20.4. The molecular weight excluding hydrogens is 379 g/mol. The first kappa shape index (κ1) is 21.8. The zero-order valence-electron chi connectivity index (χ0n) is 16.3. The predicted molar refractivity (Wildman–Crippen MR) is 110 cm³/mol. The minimum atomic E-state index is -0.480. The van der Waals surface area contributed by atoms with Crippen molar-refractivity contribution in [3.05, 3.63) is 46.2 Å². The molecule has 1 aromatic carbocycles. The summed E-state index contributed by atoms with van der Waals surface area (Å²) in [5.74, 6) is -0.682. The summed E-state index contributed by atoms with van der Waals surface area (Å²) in [5.41, 5.74) is 0.505. The minimum absolute atomic E-state index is 0.143. The van der Waals surface area contributed by atoms with Gasteiger partial charge in [0.2, 0.25) is 0 Å². The predicted octanol–water partition coefficient (Wildman–Crippen LogP) is 4.65. The number of anilines is 1. The van der Waals surface area contributed by atoms with Gasteiger partial charge in [0.15, 0.2) is 0 Å². The highest BCUT2D eigenvalue weighted by atomic mass is 32.1. The molecule has 1 aromatic heterocycles. The van der Waals surface area contributed by atoms with Crippen molar-refractivity contribution in [1.82, 2.24) is 15.2 Å². The van der Waals surface area contributed by atoms with Crippen LogP contribution >= 0.6 is 11.3 Å². The maximum Gasteiger partial charge on any atom is 0.322 e. The summed E-state index contributed by atoms with van der Waals surface area (Å²) in [7, 11) is 0. The van der Waals surface area contributed by atoms with Crippen LogP contribution in [-0.4, -0.2) is 34.9 Å². The maximum atomic E-state index is 13.8. The van der Waals surface area contributed by atoms with Crippen LogP contribution in [0.2, 0.25) is 0 Å². The Morgan fingerprint density at radius 2 is 1.93 bits per heavy atom. The molecule has 1 heterocycles. The van der Waals surface area contributed by atoms with Gasteiger partial charge in [0, 0.05) is 18.5 Å². The van der Waals surface area contributed by atoms with Crippen molar-refractivity contribution in [1.29, 1.82) is 0 Å². The van der Waals surface area contributed by atoms with E-state index >= 15 is 0 Å². The van der Waals surface area contributed by atoms with Gasteiger partial charge in [0.25, 0.3) is 5.91 Å². The molecular formula is C20H27FN4O2S. The van der Waals surface area contributed by atoms with Crippen LogP contribution in [0.3, 0.4) is 0 Å². The second kappa shape index (κ2) is 11.4. The molecule has 152 valence electrons. The summed E-state index contributed by atoms with van der Waals surface area (Å²) in [6, 6.07) is 5.67. The van der Waals surface area contributed by atoms with Gasteiger partial charge < -0.3 is 15.5 Å². The number of thiazole rings is 1. The van der Waals surface area contributed by atoms with Gasteiger partial charge in [-0.2, -0.15) is 0 Å². The summed E-state index contributed by atoms with van der Waals surface area (Å²) < 4.78 is 13.8. The highest BCUT2D eigenvalue weighted by Gasteiger charge is 2.18. The molecule has 0 saturated heterocycles. The molecule has 0 bridgehead atoms. The van der Waals surface area contributed by atoms with Gasteiger partial charge >= 0.3 is 6.03 Å². The van der Waals surface area contributed by atoms with E-state index in [1.54, 1.807) is 22.4 Å². The van der Waals surface area contributed by atoms with E-state index in [1.807, 2.05) is 6.92 Å². The third kappa shape index (κ3) is 6.60. The first-order chi connectivity index (χ1) is 13.5. The molecule has 6 nitrogen and oxygen atoms in total. The Bertz CT molecular complexity index is 781. The smallest absolute Gasteiger partial charge is 0.322 e. The van der Waals surface area contributed by atoms with Gasteiger partial charge in [-0.1, -0.05) is 38.8 Å². The van der Waals surface area contributed by atoms with Crippen molar-refractivity contribution in [3.8, 4) is 0 Å². The van der Waals surface area contributed by atoms with Gasteiger partial charge in [-0.15, -0.1) is 11.3 Å². The van der Waals surface area contributed by atoms with Crippen molar-refractivity contribution < 1.29 is 14.0 Å². The van der Waals surface area contributed by atoms with Gasteiger partial charge in [-0.3, -0.25) is 4.79 Å². The number of nitrogens with zero attached hydrogens (tertiary/aromatic N) is 2. The molecule has 0 radical (unpaired) electrons. The van der Waals surface area contributed by atoms with E-state index in [9.17, 15) is 14.0 Å². The number of carbonyl (C=O) groups excluding carboxylic acids is 2. The molecule has 2 rings (SSSR count). The number of hydrogen-bond donors (Lipinski definition) is 2. The number of rotatable bonds is 10. The van der Waals surface area contributed by atoms with Gasteiger partial charge in [0.1, 0.15) is 16.5 Å². The fourth-order valence-electron chi connectivity index (χ4n) is 2.48. The lowest BCUT2D eigenvalue weighted by molar-refractivity contribution is 0.0948. The van der Waals surface area contributed by atoms with Crippen molar-refractivity contribution in [2.75, 3.05) is 18.4 Å². The van der Waals surface area contributed by atoms with Crippen molar-refractivity contribution in [2.24, 2.45) is 0 Å². The number of benzene rings is 1. The first-order valence-electron chi connectivity index (χ1n) is 9.58. The Kier molecular flexibility index (Phi) is 8.87. The van der Waals surface area contributed by atoms with E-state index in [0.717, 1.165) is 25.7 Å². The van der Waals surface area contributed by atoms with Gasteiger partial charge in [-0.25, -0.2) is 14.2 Å². The number of nitrogens with one attached hydrogen (secondary N) is 2. The third-order valence-corrected chi connectivity index (χ3v) is 4.94. The van der Waals surface area contributed by atoms with Crippen LogP contribution in [0.15, 0.2) is 29.6 Å². The molecule has 0 spiro atoms. The molecule has 2 N–H and O–H groups in total. The first-order valence-corrected chi connectivity index (χ1v) is 10.5. The largest absolute Gasteiger partial charge is 0.351 e. The standard InChI is InChI=1S/C20H27FN4O2S/c1-3-5-11-22-19(26)17-14-28-18(23-17)13-25(12-6-4-2)20(27)24-16-10-8-7-9-15(16)21/h7-10,14H,3-6,11-13H2,1-2H3,(H,22,26)(H,24,27). The van der Waals surface area contributed by atoms with E-state index in [4.69, 9.17) is 0 Å². The van der Waals surface area contributed by atoms with Crippen molar-refractivity contribution in [3.63, 3.8) is 0 Å². The second-order valence-corrected chi connectivity index (χ2v) is 7.36. The van der Waals surface area contributed by atoms with Crippen LogP contribution in [0.5, 0.6) is 0 Å². The number of halogens is 1. The molecule has 3 amide bonds. The average molecular weight is 407 g/mol. The molecule has 0 aliphatic rings. The number of hydrogen-bond acceptors (Lipinski definition) is 4. The quantitative estimate of drug-likeness (QED) is 0.564. The summed E-state index contributed by atoms with van der Waals surface area (Å²) >= 11 is 1.34. The van der Waals surface area contributed by atoms with E-state index in [-0.39, 0.29) is 24.2 Å². The number of amides is 3. The molecule has 0 aliphatic carbocycles. The summed E-state index contributed by atoms with van der Waals surface area (Å²) in [4.78, 5) is 30.7. The lowest BCUT2D eigenvalue weighted by Crippen LogP contribution is -2.35. The third-order valence-electron chi connectivity index (χ3n) is 4.11. The SMILES string of the molecule is CCCCNC(=O)c1csc(CN(CCCC)C(=O)Nc2ccccc2F)n1. The Hall–Kier alpha value is -2.48. The van der Waals surface area contributed by atoms with Crippen LogP contribution in [0.1, 0.15) is 55.0 Å². The lowest BCUT2D eigenvalue weighted by atomic mass is 10.3. The number of carbonyl (C=O) groups is 2. The minimum Gasteiger partial charge on any atom is -0.351 e. The number of unbranched alkanes of at least 4 members (excludes halogenated alkanes) is 2. The number of aromatic nitrogens is 1. The fraction of sp³-hybridized carbons (Fsp3) is 0.450. The zero-order valence-corrected chi connectivity index (χ0v) is 17.2. The highest BCUT2D eigenvalue weighted by Crippen LogP contribution is 2.17. The van der Waals surface area contributed by atoms with Crippen LogP contribution in [0.25, 0.3) is 0 Å². The molecule has 0 fully saturated rings. The fourth-order valence-corrected chi connectivity index (χ4v) is 3.27. The Balaban J connectivity index is 2.02. The topological polar surface area (TPSA) is 74.3 Å². The van der Waals surface area contributed by atoms with Crippen molar-refractivity contribution in [2.45, 2.75) is 46.1 Å². The Morgan fingerprint density at radius 3 is 2.64 bits per heavy atom. The molecule has 0 aliphatic heterocycles. The van der Waals surface area contributed by atoms with E-state index in [2.05, 4.69) is 22.5 Å². The maximum absolute atomic E-state index is 13.8. The molecule has 28 heavy (non-hydrogen) atoms. The van der Waals surface area contributed by atoms with Crippen LogP contribution in [-0.2, 0) is 6.54 Å². The summed E-state index contributed by atoms with van der Waals surface area (Å²) in [6.07, 6.45) is 3.67. The van der Waals surface area contributed by atoms with Crippen LogP contribution < -0.4 is 10.6 Å². The lowest BCUT2D eigenvalue weighted by Gasteiger charge is -2.22. The average Bonchev–Trinajstić information content (AvgIpc) is 3.15. The molecule has 0 saturated carbocycles. The van der Waals surface area contributed by atoms with Crippen LogP contribution in [0, 0.1) is 5.82 Å². The Labute approximate surface area is 169 Å². The number of urea groups is 1. The monoisotopic (exact) mass is 406 g/mol. The molecule has 2 aromatic rings. The van der Waals surface area contributed by atoms with Crippen LogP contribution in [0.4, 0.5) is 14.9 Å². The second-order valence-electron chi connectivity index (χ2n) is 6.42. The van der Waals surface area contributed by atoms with E-state index in [1.165, 1.54) is 23.5 Å². The van der Waals surface area contributed by atoms with E-state index < -0.39 is 5.82 Å².